The summed E-state index contributed by atoms with van der Waals surface area (Å²) in [4.78, 5) is 16.5. The number of rotatable bonds is 2. The van der Waals surface area contributed by atoms with Crippen LogP contribution >= 0.6 is 11.6 Å². The number of nitrogens with zero attached hydrogens (tertiary/aromatic N) is 1. The highest BCUT2D eigenvalue weighted by atomic mass is 35.5. The number of benzene rings is 1. The molecule has 1 aromatic carbocycles. The topological polar surface area (TPSA) is 51.2 Å². The van der Waals surface area contributed by atoms with E-state index in [0.717, 1.165) is 23.2 Å². The zero-order valence-electron chi connectivity index (χ0n) is 13.2. The minimum Gasteiger partial charge on any atom is -0.465 e. The average molecular weight is 341 g/mol. The second-order valence-electron chi connectivity index (χ2n) is 6.14. The third-order valence-corrected chi connectivity index (χ3v) is 5.23. The molecular weight excluding hydrogens is 324 g/mol. The molecule has 4 rings (SSSR count). The summed E-state index contributed by atoms with van der Waals surface area (Å²) in [6, 6.07) is 7.62. The van der Waals surface area contributed by atoms with Crippen molar-refractivity contribution in [3.05, 3.63) is 70.5 Å². The van der Waals surface area contributed by atoms with Crippen LogP contribution < -0.4 is 5.32 Å². The van der Waals surface area contributed by atoms with Crippen molar-refractivity contribution in [1.29, 1.82) is 0 Å². The maximum atomic E-state index is 12.2. The number of anilines is 1. The third-order valence-electron chi connectivity index (χ3n) is 4.92. The van der Waals surface area contributed by atoms with E-state index in [9.17, 15) is 4.79 Å². The molecule has 4 nitrogen and oxygen atoms in total. The zero-order chi connectivity index (χ0) is 16.7. The SMILES string of the molecule is COC(=O)c1ccc(Cl)c2c1[C@@H]1C=CC[C@@H]1[C@H](c1cccnc1)N2. The standard InChI is InChI=1S/C19H17ClN2O2/c1-24-19(23)14-7-8-15(20)18-16(14)12-5-2-6-13(12)17(22-18)11-4-3-9-21-10-11/h2-5,7-10,12-13,17,22H,6H2,1H3/t12-,13+,17+/m1/s1. The number of hydrogen-bond acceptors (Lipinski definition) is 4. The lowest BCUT2D eigenvalue weighted by atomic mass is 9.75. The fourth-order valence-corrected chi connectivity index (χ4v) is 4.07. The molecule has 0 spiro atoms. The Labute approximate surface area is 145 Å². The number of fused-ring (bicyclic) bond motifs is 3. The maximum absolute atomic E-state index is 12.2. The van der Waals surface area contributed by atoms with Gasteiger partial charge in [0.1, 0.15) is 0 Å². The number of carbonyl (C=O) groups is 1. The van der Waals surface area contributed by atoms with Crippen LogP contribution in [0.15, 0.2) is 48.8 Å². The number of hydrogen-bond donors (Lipinski definition) is 1. The first-order chi connectivity index (χ1) is 11.7. The summed E-state index contributed by atoms with van der Waals surface area (Å²) in [6.07, 6.45) is 8.96. The Bertz CT molecular complexity index is 820. The second-order valence-corrected chi connectivity index (χ2v) is 6.54. The van der Waals surface area contributed by atoms with Gasteiger partial charge in [-0.05, 0) is 41.7 Å². The lowest BCUT2D eigenvalue weighted by molar-refractivity contribution is 0.0598. The van der Waals surface area contributed by atoms with Crippen LogP contribution in [0.25, 0.3) is 0 Å². The van der Waals surface area contributed by atoms with Gasteiger partial charge in [0.2, 0.25) is 0 Å². The molecule has 0 amide bonds. The van der Waals surface area contributed by atoms with E-state index in [-0.39, 0.29) is 17.9 Å². The summed E-state index contributed by atoms with van der Waals surface area (Å²) in [6.45, 7) is 0. The molecule has 24 heavy (non-hydrogen) atoms. The fraction of sp³-hybridized carbons (Fsp3) is 0.263. The molecule has 5 heteroatoms. The van der Waals surface area contributed by atoms with Gasteiger partial charge in [0.25, 0.3) is 0 Å². The first-order valence-electron chi connectivity index (χ1n) is 7.94. The molecule has 2 aromatic rings. The molecule has 1 aliphatic heterocycles. The number of nitrogens with one attached hydrogen (secondary N) is 1. The molecule has 0 fully saturated rings. The quantitative estimate of drug-likeness (QED) is 0.652. The van der Waals surface area contributed by atoms with Gasteiger partial charge in [-0.15, -0.1) is 0 Å². The Balaban J connectivity index is 1.87. The molecular formula is C19H17ClN2O2. The van der Waals surface area contributed by atoms with E-state index in [1.165, 1.54) is 7.11 Å². The number of ether oxygens (including phenoxy) is 1. The van der Waals surface area contributed by atoms with E-state index >= 15 is 0 Å². The Morgan fingerprint density at radius 1 is 1.38 bits per heavy atom. The molecule has 0 unspecified atom stereocenters. The summed E-state index contributed by atoms with van der Waals surface area (Å²) in [5.41, 5.74) is 3.46. The smallest absolute Gasteiger partial charge is 0.338 e. The van der Waals surface area contributed by atoms with Crippen molar-refractivity contribution >= 4 is 23.3 Å². The van der Waals surface area contributed by atoms with Gasteiger partial charge in [-0.2, -0.15) is 0 Å². The molecule has 0 saturated heterocycles. The summed E-state index contributed by atoms with van der Waals surface area (Å²) >= 11 is 6.45. The average Bonchev–Trinajstić information content (AvgIpc) is 3.11. The van der Waals surface area contributed by atoms with Crippen LogP contribution in [0.1, 0.15) is 39.9 Å². The van der Waals surface area contributed by atoms with E-state index in [4.69, 9.17) is 16.3 Å². The first-order valence-corrected chi connectivity index (χ1v) is 8.32. The number of allylic oxidation sites excluding steroid dienone is 2. The largest absolute Gasteiger partial charge is 0.465 e. The highest BCUT2D eigenvalue weighted by Gasteiger charge is 2.41. The van der Waals surface area contributed by atoms with Crippen LogP contribution in [0.4, 0.5) is 5.69 Å². The van der Waals surface area contributed by atoms with Gasteiger partial charge in [-0.1, -0.05) is 29.8 Å². The summed E-state index contributed by atoms with van der Waals surface area (Å²) in [5, 5.41) is 4.17. The number of carbonyl (C=O) groups excluding carboxylic acids is 1. The van der Waals surface area contributed by atoms with Crippen molar-refractivity contribution in [3.8, 4) is 0 Å². The number of methoxy groups -OCH3 is 1. The van der Waals surface area contributed by atoms with E-state index in [1.807, 2.05) is 12.3 Å². The molecule has 2 aliphatic rings. The van der Waals surface area contributed by atoms with Crippen LogP contribution in [0.5, 0.6) is 0 Å². The Morgan fingerprint density at radius 3 is 3.00 bits per heavy atom. The van der Waals surface area contributed by atoms with Crippen LogP contribution in [0.3, 0.4) is 0 Å². The van der Waals surface area contributed by atoms with Crippen LogP contribution in [0.2, 0.25) is 5.02 Å². The van der Waals surface area contributed by atoms with Crippen molar-refractivity contribution in [1.82, 2.24) is 4.98 Å². The van der Waals surface area contributed by atoms with Gasteiger partial charge in [0.05, 0.1) is 29.4 Å². The minimum absolute atomic E-state index is 0.108. The van der Waals surface area contributed by atoms with Gasteiger partial charge in [0.15, 0.2) is 0 Å². The van der Waals surface area contributed by atoms with E-state index in [0.29, 0.717) is 16.5 Å². The van der Waals surface area contributed by atoms with Gasteiger partial charge >= 0.3 is 5.97 Å². The molecule has 3 atom stereocenters. The normalized spacial score (nSPS) is 24.0. The van der Waals surface area contributed by atoms with Gasteiger partial charge in [-0.3, -0.25) is 4.98 Å². The summed E-state index contributed by atoms with van der Waals surface area (Å²) in [7, 11) is 1.40. The van der Waals surface area contributed by atoms with E-state index < -0.39 is 0 Å². The Hall–Kier alpha value is -2.33. The van der Waals surface area contributed by atoms with Crippen molar-refractivity contribution in [2.75, 3.05) is 12.4 Å². The molecule has 122 valence electrons. The van der Waals surface area contributed by atoms with Crippen LogP contribution in [-0.2, 0) is 4.74 Å². The number of esters is 1. The van der Waals surface area contributed by atoms with E-state index in [2.05, 4.69) is 28.5 Å². The third kappa shape index (κ3) is 2.29. The fourth-order valence-electron chi connectivity index (χ4n) is 3.85. The number of pyridine rings is 1. The lowest BCUT2D eigenvalue weighted by Crippen LogP contribution is -2.30. The van der Waals surface area contributed by atoms with Gasteiger partial charge < -0.3 is 10.1 Å². The van der Waals surface area contributed by atoms with Crippen LogP contribution in [-0.4, -0.2) is 18.1 Å². The predicted octanol–water partition coefficient (Wildman–Crippen LogP) is 4.35. The molecule has 1 aromatic heterocycles. The molecule has 0 bridgehead atoms. The van der Waals surface area contributed by atoms with Crippen molar-refractivity contribution in [2.45, 2.75) is 18.4 Å². The monoisotopic (exact) mass is 340 g/mol. The molecule has 0 radical (unpaired) electrons. The predicted molar refractivity (Wildman–Crippen MR) is 93.4 cm³/mol. The minimum atomic E-state index is -0.330. The van der Waals surface area contributed by atoms with Crippen molar-refractivity contribution in [3.63, 3.8) is 0 Å². The number of halogens is 1. The van der Waals surface area contributed by atoms with Gasteiger partial charge in [0, 0.05) is 18.3 Å². The molecule has 1 N–H and O–H groups in total. The van der Waals surface area contributed by atoms with E-state index in [1.54, 1.807) is 18.3 Å². The summed E-state index contributed by atoms with van der Waals surface area (Å²) < 4.78 is 4.96. The molecule has 1 aliphatic carbocycles. The lowest BCUT2D eigenvalue weighted by Gasteiger charge is -2.38. The highest BCUT2D eigenvalue weighted by Crippen LogP contribution is 2.52. The molecule has 0 saturated carbocycles. The van der Waals surface area contributed by atoms with Crippen molar-refractivity contribution in [2.24, 2.45) is 5.92 Å². The maximum Gasteiger partial charge on any atom is 0.338 e. The van der Waals surface area contributed by atoms with Gasteiger partial charge in [-0.25, -0.2) is 4.79 Å². The number of aromatic nitrogens is 1. The first kappa shape index (κ1) is 15.2. The van der Waals surface area contributed by atoms with Crippen LogP contribution in [0, 0.1) is 5.92 Å². The summed E-state index contributed by atoms with van der Waals surface area (Å²) in [5.74, 6) is 0.131. The second kappa shape index (κ2) is 5.95. The highest BCUT2D eigenvalue weighted by molar-refractivity contribution is 6.33. The Morgan fingerprint density at radius 2 is 2.25 bits per heavy atom. The zero-order valence-corrected chi connectivity index (χ0v) is 14.0. The Kier molecular flexibility index (Phi) is 3.77. The van der Waals surface area contributed by atoms with Crippen molar-refractivity contribution < 1.29 is 9.53 Å². The molecule has 2 heterocycles.